The summed E-state index contributed by atoms with van der Waals surface area (Å²) in [6.07, 6.45) is 2.05. The Balaban J connectivity index is 1.38. The number of aryl methyl sites for hydroxylation is 1. The fourth-order valence-electron chi connectivity index (χ4n) is 3.47. The maximum absolute atomic E-state index is 12.2. The molecule has 5 heteroatoms. The first-order chi connectivity index (χ1) is 15.6. The number of benzene rings is 3. The number of carbonyl (C=O) groups is 1. The molecule has 164 valence electrons. The normalized spacial score (nSPS) is 12.0. The highest BCUT2D eigenvalue weighted by molar-refractivity contribution is 5.92. The number of nitrogens with one attached hydrogen (secondary N) is 1. The highest BCUT2D eigenvalue weighted by Gasteiger charge is 2.11. The Morgan fingerprint density at radius 1 is 1.03 bits per heavy atom. The van der Waals surface area contributed by atoms with Crippen molar-refractivity contribution >= 4 is 22.7 Å². The van der Waals surface area contributed by atoms with Crippen molar-refractivity contribution in [3.63, 3.8) is 0 Å². The number of nitrogens with zero attached hydrogens (tertiary/aromatic N) is 1. The molecule has 0 spiro atoms. The minimum Gasteiger partial charge on any atom is -0.484 e. The number of amides is 1. The first-order valence-electron chi connectivity index (χ1n) is 11.1. The molecule has 0 bridgehead atoms. The zero-order chi connectivity index (χ0) is 22.5. The summed E-state index contributed by atoms with van der Waals surface area (Å²) in [7, 11) is 0. The van der Waals surface area contributed by atoms with Crippen molar-refractivity contribution in [3.05, 3.63) is 77.9 Å². The van der Waals surface area contributed by atoms with E-state index in [1.807, 2.05) is 54.6 Å². The van der Waals surface area contributed by atoms with Crippen LogP contribution in [0.3, 0.4) is 0 Å². The maximum atomic E-state index is 12.2. The number of fused-ring (bicyclic) bond motifs is 1. The van der Waals surface area contributed by atoms with Crippen LogP contribution in [0.1, 0.15) is 44.2 Å². The van der Waals surface area contributed by atoms with Crippen LogP contribution in [0.4, 0.5) is 5.69 Å². The zero-order valence-corrected chi connectivity index (χ0v) is 18.7. The summed E-state index contributed by atoms with van der Waals surface area (Å²) < 4.78 is 11.5. The fourth-order valence-corrected chi connectivity index (χ4v) is 3.47. The van der Waals surface area contributed by atoms with Gasteiger partial charge in [0.05, 0.1) is 0 Å². The Kier molecular flexibility index (Phi) is 6.55. The molecule has 0 fully saturated rings. The second-order valence-corrected chi connectivity index (χ2v) is 7.97. The molecule has 0 radical (unpaired) electrons. The van der Waals surface area contributed by atoms with E-state index in [0.717, 1.165) is 29.5 Å². The van der Waals surface area contributed by atoms with Gasteiger partial charge in [0.25, 0.3) is 5.91 Å². The van der Waals surface area contributed by atoms with Gasteiger partial charge >= 0.3 is 0 Å². The Hall–Kier alpha value is -3.60. The molecular weight excluding hydrogens is 400 g/mol. The predicted molar refractivity (Wildman–Crippen MR) is 128 cm³/mol. The molecule has 1 amide bonds. The van der Waals surface area contributed by atoms with E-state index in [1.165, 1.54) is 11.1 Å². The molecule has 3 aromatic carbocycles. The lowest BCUT2D eigenvalue weighted by Crippen LogP contribution is -2.20. The molecule has 1 atom stereocenters. The van der Waals surface area contributed by atoms with Gasteiger partial charge in [-0.1, -0.05) is 39.0 Å². The average molecular weight is 429 g/mol. The summed E-state index contributed by atoms with van der Waals surface area (Å²) in [5.41, 5.74) is 5.68. The van der Waals surface area contributed by atoms with Crippen molar-refractivity contribution in [1.82, 2.24) is 4.98 Å². The van der Waals surface area contributed by atoms with Crippen molar-refractivity contribution < 1.29 is 13.9 Å². The van der Waals surface area contributed by atoms with Crippen LogP contribution in [-0.2, 0) is 11.2 Å². The summed E-state index contributed by atoms with van der Waals surface area (Å²) in [4.78, 5) is 16.9. The van der Waals surface area contributed by atoms with Crippen LogP contribution < -0.4 is 10.1 Å². The van der Waals surface area contributed by atoms with Gasteiger partial charge in [-0.05, 0) is 78.4 Å². The smallest absolute Gasteiger partial charge is 0.262 e. The molecule has 32 heavy (non-hydrogen) atoms. The van der Waals surface area contributed by atoms with Crippen molar-refractivity contribution in [2.45, 2.75) is 39.5 Å². The molecule has 1 heterocycles. The molecule has 1 aromatic heterocycles. The third-order valence-electron chi connectivity index (χ3n) is 5.71. The topological polar surface area (TPSA) is 64.4 Å². The lowest BCUT2D eigenvalue weighted by atomic mass is 9.98. The summed E-state index contributed by atoms with van der Waals surface area (Å²) in [5, 5.41) is 2.85. The molecule has 1 N–H and O–H groups in total. The number of ether oxygens (including phenoxy) is 1. The number of hydrogen-bond acceptors (Lipinski definition) is 4. The van der Waals surface area contributed by atoms with E-state index in [9.17, 15) is 4.79 Å². The summed E-state index contributed by atoms with van der Waals surface area (Å²) in [5.74, 6) is 1.53. The van der Waals surface area contributed by atoms with Crippen LogP contribution in [0.2, 0.25) is 0 Å². The maximum Gasteiger partial charge on any atom is 0.262 e. The van der Waals surface area contributed by atoms with Crippen LogP contribution in [0.15, 0.2) is 71.1 Å². The Morgan fingerprint density at radius 3 is 2.47 bits per heavy atom. The van der Waals surface area contributed by atoms with E-state index in [4.69, 9.17) is 9.15 Å². The van der Waals surface area contributed by atoms with Crippen LogP contribution in [0.25, 0.3) is 22.6 Å². The number of oxazole rings is 1. The van der Waals surface area contributed by atoms with E-state index in [-0.39, 0.29) is 12.5 Å². The van der Waals surface area contributed by atoms with Gasteiger partial charge in [-0.2, -0.15) is 0 Å². The van der Waals surface area contributed by atoms with E-state index in [0.29, 0.717) is 23.2 Å². The molecule has 0 aliphatic rings. The zero-order valence-electron chi connectivity index (χ0n) is 18.7. The third-order valence-corrected chi connectivity index (χ3v) is 5.71. The number of carbonyl (C=O) groups excluding carboxylic acids is 1. The highest BCUT2D eigenvalue weighted by Crippen LogP contribution is 2.28. The predicted octanol–water partition coefficient (Wildman–Crippen LogP) is 6.59. The Morgan fingerprint density at radius 2 is 1.78 bits per heavy atom. The first kappa shape index (κ1) is 21.6. The van der Waals surface area contributed by atoms with Crippen LogP contribution in [0, 0.1) is 0 Å². The van der Waals surface area contributed by atoms with Crippen LogP contribution >= 0.6 is 0 Å². The van der Waals surface area contributed by atoms with Gasteiger partial charge in [0, 0.05) is 11.3 Å². The molecule has 0 aliphatic heterocycles. The Bertz CT molecular complexity index is 1190. The van der Waals surface area contributed by atoms with Crippen molar-refractivity contribution in [2.75, 3.05) is 11.9 Å². The minimum absolute atomic E-state index is 0.0448. The van der Waals surface area contributed by atoms with E-state index in [1.54, 1.807) is 0 Å². The standard InChI is InChI=1S/C27H28N2O3/c1-4-18(3)21-10-15-25-24(16-21)29-27(32-25)20-8-11-22(12-9-20)28-26(30)17-31-23-13-6-19(5-2)7-14-23/h6-16,18H,4-5,17H2,1-3H3,(H,28,30). The molecule has 4 aromatic rings. The summed E-state index contributed by atoms with van der Waals surface area (Å²) in [6.45, 7) is 6.45. The van der Waals surface area contributed by atoms with E-state index in [2.05, 4.69) is 43.2 Å². The second kappa shape index (κ2) is 9.69. The molecular formula is C27H28N2O3. The van der Waals surface area contributed by atoms with Gasteiger partial charge in [-0.15, -0.1) is 0 Å². The molecule has 1 unspecified atom stereocenters. The van der Waals surface area contributed by atoms with Gasteiger partial charge in [-0.3, -0.25) is 4.79 Å². The average Bonchev–Trinajstić information content (AvgIpc) is 3.26. The van der Waals surface area contributed by atoms with Crippen LogP contribution in [0.5, 0.6) is 5.75 Å². The molecule has 0 saturated heterocycles. The van der Waals surface area contributed by atoms with Crippen molar-refractivity contribution in [3.8, 4) is 17.2 Å². The second-order valence-electron chi connectivity index (χ2n) is 7.97. The quantitative estimate of drug-likeness (QED) is 0.344. The molecule has 4 rings (SSSR count). The van der Waals surface area contributed by atoms with Gasteiger partial charge in [0.15, 0.2) is 12.2 Å². The van der Waals surface area contributed by atoms with Gasteiger partial charge in [-0.25, -0.2) is 4.98 Å². The largest absolute Gasteiger partial charge is 0.484 e. The molecule has 5 nitrogen and oxygen atoms in total. The van der Waals surface area contributed by atoms with E-state index < -0.39 is 0 Å². The lowest BCUT2D eigenvalue weighted by Gasteiger charge is -2.08. The van der Waals surface area contributed by atoms with Gasteiger partial charge in [0.1, 0.15) is 11.3 Å². The number of anilines is 1. The van der Waals surface area contributed by atoms with Crippen molar-refractivity contribution in [2.24, 2.45) is 0 Å². The highest BCUT2D eigenvalue weighted by atomic mass is 16.5. The Labute approximate surface area is 188 Å². The van der Waals surface area contributed by atoms with Gasteiger partial charge < -0.3 is 14.5 Å². The molecule has 0 saturated carbocycles. The SMILES string of the molecule is CCc1ccc(OCC(=O)Nc2ccc(-c3nc4cc(C(C)CC)ccc4o3)cc2)cc1. The van der Waals surface area contributed by atoms with Crippen LogP contribution in [-0.4, -0.2) is 17.5 Å². The van der Waals surface area contributed by atoms with Crippen molar-refractivity contribution in [1.29, 1.82) is 0 Å². The minimum atomic E-state index is -0.211. The number of hydrogen-bond donors (Lipinski definition) is 1. The molecule has 0 aliphatic carbocycles. The van der Waals surface area contributed by atoms with Gasteiger partial charge in [0.2, 0.25) is 5.89 Å². The monoisotopic (exact) mass is 428 g/mol. The third kappa shape index (κ3) is 4.99. The first-order valence-corrected chi connectivity index (χ1v) is 11.1. The van der Waals surface area contributed by atoms with E-state index >= 15 is 0 Å². The lowest BCUT2D eigenvalue weighted by molar-refractivity contribution is -0.118. The summed E-state index contributed by atoms with van der Waals surface area (Å²) >= 11 is 0. The summed E-state index contributed by atoms with van der Waals surface area (Å²) in [6, 6.07) is 21.4. The fraction of sp³-hybridized carbons (Fsp3) is 0.259. The number of rotatable bonds is 8. The number of aromatic nitrogens is 1.